The molecule has 7 nitrogen and oxygen atoms in total. The molecule has 2 heterocycles. The summed E-state index contributed by atoms with van der Waals surface area (Å²) in [5.74, 6) is -1.30. The lowest BCUT2D eigenvalue weighted by Gasteiger charge is -2.32. The van der Waals surface area contributed by atoms with Gasteiger partial charge in [-0.3, -0.25) is 15.0 Å². The Labute approximate surface area is 222 Å². The number of ether oxygens (including phenoxy) is 1. The van der Waals surface area contributed by atoms with Crippen molar-refractivity contribution < 1.29 is 18.3 Å². The van der Waals surface area contributed by atoms with Crippen molar-refractivity contribution in [1.29, 1.82) is 0 Å². The summed E-state index contributed by atoms with van der Waals surface area (Å²) in [4.78, 5) is 26.1. The van der Waals surface area contributed by atoms with E-state index < -0.39 is 23.0 Å². The topological polar surface area (TPSA) is 75.6 Å². The van der Waals surface area contributed by atoms with Crippen molar-refractivity contribution in [3.63, 3.8) is 0 Å². The number of nitrogens with zero attached hydrogens (tertiary/aromatic N) is 2. The number of amides is 1. The molecule has 37 heavy (non-hydrogen) atoms. The number of hydrazine groups is 1. The Morgan fingerprint density at radius 1 is 1.03 bits per heavy atom. The number of benzene rings is 2. The van der Waals surface area contributed by atoms with Crippen LogP contribution in [0.1, 0.15) is 42.1 Å². The fourth-order valence-electron chi connectivity index (χ4n) is 4.56. The molecule has 3 aromatic rings. The van der Waals surface area contributed by atoms with Gasteiger partial charge in [-0.25, -0.2) is 13.8 Å². The standard InChI is InChI=1S/C26H26Cl2F2N4O3/c27-20-4-3-17(11-22(20)29)37-10-7-31-15-5-8-33(9-6-15)32-26(36)19-14-34(16-1-2-16)24-13-21(28)23(30)12-18(24)25(19)35/h3-4,11-16,31H,1-2,5-10H2,(H,32,36). The van der Waals surface area contributed by atoms with Gasteiger partial charge in [-0.1, -0.05) is 23.2 Å². The number of carbonyl (C=O) groups excluding carboxylic acids is 1. The molecule has 5 rings (SSSR count). The molecule has 1 saturated carbocycles. The van der Waals surface area contributed by atoms with E-state index in [1.807, 2.05) is 4.57 Å². The molecule has 0 radical (unpaired) electrons. The Morgan fingerprint density at radius 2 is 1.76 bits per heavy atom. The summed E-state index contributed by atoms with van der Waals surface area (Å²) < 4.78 is 35.0. The molecule has 2 aliphatic rings. The molecular weight excluding hydrogens is 525 g/mol. The smallest absolute Gasteiger partial charge is 0.271 e. The van der Waals surface area contributed by atoms with Crippen molar-refractivity contribution in [2.75, 3.05) is 26.2 Å². The normalized spacial score (nSPS) is 16.8. The number of aromatic nitrogens is 1. The lowest BCUT2D eigenvalue weighted by atomic mass is 10.1. The maximum atomic E-state index is 14.1. The summed E-state index contributed by atoms with van der Waals surface area (Å²) in [6.45, 7) is 2.15. The van der Waals surface area contributed by atoms with Gasteiger partial charge in [-0.05, 0) is 49.9 Å². The first-order valence-corrected chi connectivity index (χ1v) is 13.0. The van der Waals surface area contributed by atoms with E-state index in [1.165, 1.54) is 18.2 Å². The van der Waals surface area contributed by atoms with Crippen molar-refractivity contribution in [2.24, 2.45) is 0 Å². The van der Waals surface area contributed by atoms with Gasteiger partial charge in [-0.2, -0.15) is 0 Å². The average molecular weight is 551 g/mol. The molecule has 1 aliphatic carbocycles. The molecule has 0 atom stereocenters. The first kappa shape index (κ1) is 25.9. The van der Waals surface area contributed by atoms with Crippen LogP contribution < -0.4 is 20.9 Å². The second-order valence-corrected chi connectivity index (χ2v) is 10.2. The fraction of sp³-hybridized carbons (Fsp3) is 0.385. The van der Waals surface area contributed by atoms with Crippen LogP contribution in [0.25, 0.3) is 10.9 Å². The third-order valence-electron chi connectivity index (χ3n) is 6.71. The van der Waals surface area contributed by atoms with Crippen LogP contribution in [0.2, 0.25) is 10.0 Å². The second-order valence-electron chi connectivity index (χ2n) is 9.37. The van der Waals surface area contributed by atoms with Gasteiger partial charge in [0.1, 0.15) is 29.6 Å². The zero-order chi connectivity index (χ0) is 26.1. The molecule has 0 spiro atoms. The summed E-state index contributed by atoms with van der Waals surface area (Å²) in [6.07, 6.45) is 4.98. The molecule has 2 aromatic carbocycles. The molecule has 11 heteroatoms. The van der Waals surface area contributed by atoms with Gasteiger partial charge in [0.15, 0.2) is 0 Å². The van der Waals surface area contributed by atoms with Crippen molar-refractivity contribution >= 4 is 40.0 Å². The van der Waals surface area contributed by atoms with Crippen LogP contribution in [0, 0.1) is 11.6 Å². The van der Waals surface area contributed by atoms with Crippen LogP contribution in [-0.4, -0.2) is 47.8 Å². The lowest BCUT2D eigenvalue weighted by Crippen LogP contribution is -2.51. The van der Waals surface area contributed by atoms with E-state index in [1.54, 1.807) is 17.3 Å². The van der Waals surface area contributed by atoms with E-state index in [9.17, 15) is 18.4 Å². The predicted molar refractivity (Wildman–Crippen MR) is 138 cm³/mol. The number of fused-ring (bicyclic) bond motifs is 1. The molecule has 196 valence electrons. The van der Waals surface area contributed by atoms with Gasteiger partial charge in [-0.15, -0.1) is 0 Å². The highest BCUT2D eigenvalue weighted by molar-refractivity contribution is 6.31. The maximum absolute atomic E-state index is 14.1. The van der Waals surface area contributed by atoms with Gasteiger partial charge >= 0.3 is 0 Å². The van der Waals surface area contributed by atoms with E-state index in [2.05, 4.69) is 10.7 Å². The number of hydrogen-bond acceptors (Lipinski definition) is 5. The van der Waals surface area contributed by atoms with Gasteiger partial charge in [0, 0.05) is 49.4 Å². The van der Waals surface area contributed by atoms with E-state index in [0.717, 1.165) is 31.7 Å². The second kappa shape index (κ2) is 10.9. The van der Waals surface area contributed by atoms with Crippen molar-refractivity contribution in [1.82, 2.24) is 20.3 Å². The number of carbonyl (C=O) groups is 1. The van der Waals surface area contributed by atoms with Gasteiger partial charge < -0.3 is 14.6 Å². The van der Waals surface area contributed by atoms with Crippen LogP contribution in [0.3, 0.4) is 0 Å². The first-order chi connectivity index (χ1) is 17.8. The maximum Gasteiger partial charge on any atom is 0.271 e. The number of piperidine rings is 1. The molecular formula is C26H26Cl2F2N4O3. The SMILES string of the molecule is O=C(NN1CCC(NCCOc2ccc(Cl)c(F)c2)CC1)c1cn(C2CC2)c2cc(Cl)c(F)cc2c1=O. The molecule has 0 bridgehead atoms. The van der Waals surface area contributed by atoms with Crippen LogP contribution in [-0.2, 0) is 0 Å². The molecule has 1 aliphatic heterocycles. The quantitative estimate of drug-likeness (QED) is 0.397. The molecule has 0 unspecified atom stereocenters. The predicted octanol–water partition coefficient (Wildman–Crippen LogP) is 4.70. The summed E-state index contributed by atoms with van der Waals surface area (Å²) in [5.41, 5.74) is 2.84. The van der Waals surface area contributed by atoms with E-state index in [-0.39, 0.29) is 33.1 Å². The minimum Gasteiger partial charge on any atom is -0.492 e. The van der Waals surface area contributed by atoms with Crippen LogP contribution in [0.5, 0.6) is 5.75 Å². The third-order valence-corrected chi connectivity index (χ3v) is 7.30. The van der Waals surface area contributed by atoms with E-state index in [4.69, 9.17) is 27.9 Å². The van der Waals surface area contributed by atoms with Crippen molar-refractivity contribution in [3.8, 4) is 5.75 Å². The Hall–Kier alpha value is -2.72. The summed E-state index contributed by atoms with van der Waals surface area (Å²) in [6, 6.07) is 7.29. The Bertz CT molecular complexity index is 1390. The molecule has 1 saturated heterocycles. The van der Waals surface area contributed by atoms with Crippen LogP contribution >= 0.6 is 23.2 Å². The molecule has 1 amide bonds. The van der Waals surface area contributed by atoms with E-state index >= 15 is 0 Å². The van der Waals surface area contributed by atoms with Crippen molar-refractivity contribution in [3.05, 3.63) is 74.0 Å². The number of rotatable bonds is 8. The first-order valence-electron chi connectivity index (χ1n) is 12.2. The Morgan fingerprint density at radius 3 is 2.46 bits per heavy atom. The number of pyridine rings is 1. The average Bonchev–Trinajstić information content (AvgIpc) is 3.72. The van der Waals surface area contributed by atoms with Crippen molar-refractivity contribution in [2.45, 2.75) is 37.8 Å². The zero-order valence-corrected chi connectivity index (χ0v) is 21.4. The van der Waals surface area contributed by atoms with E-state index in [0.29, 0.717) is 37.5 Å². The highest BCUT2D eigenvalue weighted by Crippen LogP contribution is 2.37. The molecule has 1 aromatic heterocycles. The fourth-order valence-corrected chi connectivity index (χ4v) is 4.83. The highest BCUT2D eigenvalue weighted by atomic mass is 35.5. The zero-order valence-electron chi connectivity index (χ0n) is 19.9. The number of nitrogens with one attached hydrogen (secondary N) is 2. The Balaban J connectivity index is 1.15. The van der Waals surface area contributed by atoms with Crippen LogP contribution in [0.15, 0.2) is 41.3 Å². The minimum absolute atomic E-state index is 0.0165. The van der Waals surface area contributed by atoms with Gasteiger partial charge in [0.2, 0.25) is 5.43 Å². The monoisotopic (exact) mass is 550 g/mol. The number of halogens is 4. The lowest BCUT2D eigenvalue weighted by molar-refractivity contribution is 0.0720. The summed E-state index contributed by atoms with van der Waals surface area (Å²) in [5, 5.41) is 5.34. The highest BCUT2D eigenvalue weighted by Gasteiger charge is 2.28. The number of hydrogen-bond donors (Lipinski definition) is 2. The minimum atomic E-state index is -0.688. The largest absolute Gasteiger partial charge is 0.492 e. The third kappa shape index (κ3) is 5.90. The van der Waals surface area contributed by atoms with Gasteiger partial charge in [0.05, 0.1) is 15.6 Å². The Kier molecular flexibility index (Phi) is 7.67. The molecule has 2 fully saturated rings. The summed E-state index contributed by atoms with van der Waals surface area (Å²) >= 11 is 11.6. The van der Waals surface area contributed by atoms with Gasteiger partial charge in [0.25, 0.3) is 5.91 Å². The van der Waals surface area contributed by atoms with Crippen LogP contribution in [0.4, 0.5) is 8.78 Å². The molecule has 2 N–H and O–H groups in total. The summed E-state index contributed by atoms with van der Waals surface area (Å²) in [7, 11) is 0.